The van der Waals surface area contributed by atoms with Gasteiger partial charge in [-0.1, -0.05) is 0 Å². The summed E-state index contributed by atoms with van der Waals surface area (Å²) in [6, 6.07) is 7.64. The first-order chi connectivity index (χ1) is 5.27. The van der Waals surface area contributed by atoms with Crippen molar-refractivity contribution in [2.45, 2.75) is 0 Å². The van der Waals surface area contributed by atoms with Crippen LogP contribution in [0.4, 0.5) is 5.69 Å². The highest BCUT2D eigenvalue weighted by molar-refractivity contribution is 9.10. The molecule has 0 spiro atoms. The standard InChI is InChI=1S/C8H7BrN2/c1-11-7-2-3-8(9)6(4-7)5-10/h2-4,11H,1H3. The highest BCUT2D eigenvalue weighted by atomic mass is 79.9. The number of hydrogen-bond donors (Lipinski definition) is 1. The third-order valence-corrected chi connectivity index (χ3v) is 2.07. The summed E-state index contributed by atoms with van der Waals surface area (Å²) in [7, 11) is 1.82. The normalized spacial score (nSPS) is 8.82. The molecular formula is C8H7BrN2. The average molecular weight is 211 g/mol. The van der Waals surface area contributed by atoms with Gasteiger partial charge in [0.1, 0.15) is 6.07 Å². The fourth-order valence-corrected chi connectivity index (χ4v) is 1.10. The van der Waals surface area contributed by atoms with E-state index < -0.39 is 0 Å². The number of rotatable bonds is 1. The molecule has 0 atom stereocenters. The predicted molar refractivity (Wildman–Crippen MR) is 48.4 cm³/mol. The fourth-order valence-electron chi connectivity index (χ4n) is 0.766. The van der Waals surface area contributed by atoms with Crippen LogP contribution in [0.25, 0.3) is 0 Å². The monoisotopic (exact) mass is 210 g/mol. The van der Waals surface area contributed by atoms with E-state index >= 15 is 0 Å². The van der Waals surface area contributed by atoms with Crippen molar-refractivity contribution in [3.05, 3.63) is 28.2 Å². The molecule has 0 unspecified atom stereocenters. The third kappa shape index (κ3) is 1.72. The van der Waals surface area contributed by atoms with E-state index in [4.69, 9.17) is 5.26 Å². The van der Waals surface area contributed by atoms with Gasteiger partial charge in [-0.2, -0.15) is 5.26 Å². The van der Waals surface area contributed by atoms with Gasteiger partial charge in [-0.25, -0.2) is 0 Å². The molecule has 1 rings (SSSR count). The van der Waals surface area contributed by atoms with E-state index in [1.165, 1.54) is 0 Å². The van der Waals surface area contributed by atoms with Gasteiger partial charge in [0.15, 0.2) is 0 Å². The molecule has 0 aromatic heterocycles. The molecule has 1 N–H and O–H groups in total. The van der Waals surface area contributed by atoms with Crippen LogP contribution in [-0.2, 0) is 0 Å². The van der Waals surface area contributed by atoms with Gasteiger partial charge in [0, 0.05) is 17.2 Å². The molecule has 0 fully saturated rings. The molecule has 0 radical (unpaired) electrons. The van der Waals surface area contributed by atoms with Crippen molar-refractivity contribution in [2.75, 3.05) is 12.4 Å². The zero-order valence-electron chi connectivity index (χ0n) is 6.06. The molecule has 0 saturated heterocycles. The average Bonchev–Trinajstić information content (AvgIpc) is 2.05. The quantitative estimate of drug-likeness (QED) is 0.773. The highest BCUT2D eigenvalue weighted by Gasteiger charge is 1.97. The topological polar surface area (TPSA) is 35.8 Å². The molecule has 1 aromatic carbocycles. The second kappa shape index (κ2) is 3.40. The largest absolute Gasteiger partial charge is 0.388 e. The first-order valence-electron chi connectivity index (χ1n) is 3.15. The Labute approximate surface area is 74.0 Å². The highest BCUT2D eigenvalue weighted by Crippen LogP contribution is 2.19. The third-order valence-electron chi connectivity index (χ3n) is 1.38. The molecule has 0 aliphatic heterocycles. The minimum Gasteiger partial charge on any atom is -0.388 e. The van der Waals surface area contributed by atoms with Crippen LogP contribution in [0.5, 0.6) is 0 Å². The molecule has 0 heterocycles. The van der Waals surface area contributed by atoms with Crippen molar-refractivity contribution in [1.29, 1.82) is 5.26 Å². The molecule has 2 nitrogen and oxygen atoms in total. The zero-order chi connectivity index (χ0) is 8.27. The summed E-state index contributed by atoms with van der Waals surface area (Å²) in [5.41, 5.74) is 1.60. The van der Waals surface area contributed by atoms with Crippen molar-refractivity contribution < 1.29 is 0 Å². The maximum Gasteiger partial charge on any atom is 0.100 e. The number of nitrogens with one attached hydrogen (secondary N) is 1. The van der Waals surface area contributed by atoms with E-state index in [1.54, 1.807) is 6.07 Å². The van der Waals surface area contributed by atoms with Crippen LogP contribution in [0.3, 0.4) is 0 Å². The van der Waals surface area contributed by atoms with Crippen LogP contribution < -0.4 is 5.32 Å². The Morgan fingerprint density at radius 3 is 2.82 bits per heavy atom. The minimum atomic E-state index is 0.650. The van der Waals surface area contributed by atoms with Gasteiger partial charge in [0.05, 0.1) is 5.56 Å². The zero-order valence-corrected chi connectivity index (χ0v) is 7.64. The molecule has 0 aliphatic carbocycles. The summed E-state index contributed by atoms with van der Waals surface area (Å²) in [5, 5.41) is 11.6. The van der Waals surface area contributed by atoms with Crippen LogP contribution in [0, 0.1) is 11.3 Å². The molecule has 1 aromatic rings. The Kier molecular flexibility index (Phi) is 2.50. The molecular weight excluding hydrogens is 204 g/mol. The van der Waals surface area contributed by atoms with Gasteiger partial charge in [-0.3, -0.25) is 0 Å². The summed E-state index contributed by atoms with van der Waals surface area (Å²) in [6.07, 6.45) is 0. The maximum atomic E-state index is 8.63. The Morgan fingerprint density at radius 2 is 2.27 bits per heavy atom. The maximum absolute atomic E-state index is 8.63. The molecule has 0 bridgehead atoms. The van der Waals surface area contributed by atoms with Gasteiger partial charge in [0.25, 0.3) is 0 Å². The van der Waals surface area contributed by atoms with Gasteiger partial charge in [0.2, 0.25) is 0 Å². The molecule has 0 aliphatic rings. The van der Waals surface area contributed by atoms with Crippen LogP contribution in [0.15, 0.2) is 22.7 Å². The van der Waals surface area contributed by atoms with Crippen LogP contribution in [0.1, 0.15) is 5.56 Å². The smallest absolute Gasteiger partial charge is 0.100 e. The lowest BCUT2D eigenvalue weighted by Gasteiger charge is -2.00. The number of nitrogens with zero attached hydrogens (tertiary/aromatic N) is 1. The van der Waals surface area contributed by atoms with Crippen LogP contribution in [0.2, 0.25) is 0 Å². The van der Waals surface area contributed by atoms with Crippen molar-refractivity contribution >= 4 is 21.6 Å². The van der Waals surface area contributed by atoms with E-state index in [0.717, 1.165) is 10.2 Å². The molecule has 0 saturated carbocycles. The minimum absolute atomic E-state index is 0.650. The Hall–Kier alpha value is -1.01. The summed E-state index contributed by atoms with van der Waals surface area (Å²) < 4.78 is 0.832. The fraction of sp³-hybridized carbons (Fsp3) is 0.125. The lowest BCUT2D eigenvalue weighted by Crippen LogP contribution is -1.88. The summed E-state index contributed by atoms with van der Waals surface area (Å²) in [6.45, 7) is 0. The number of hydrogen-bond acceptors (Lipinski definition) is 2. The summed E-state index contributed by atoms with van der Waals surface area (Å²) in [4.78, 5) is 0. The number of nitriles is 1. The van der Waals surface area contributed by atoms with E-state index in [0.29, 0.717) is 5.56 Å². The van der Waals surface area contributed by atoms with Crippen molar-refractivity contribution in [3.8, 4) is 6.07 Å². The first-order valence-corrected chi connectivity index (χ1v) is 3.94. The van der Waals surface area contributed by atoms with E-state index in [-0.39, 0.29) is 0 Å². The van der Waals surface area contributed by atoms with Gasteiger partial charge in [-0.05, 0) is 34.1 Å². The second-order valence-electron chi connectivity index (χ2n) is 2.06. The molecule has 3 heteroatoms. The van der Waals surface area contributed by atoms with Gasteiger partial charge < -0.3 is 5.32 Å². The summed E-state index contributed by atoms with van der Waals surface area (Å²) in [5.74, 6) is 0. The number of benzene rings is 1. The van der Waals surface area contributed by atoms with Gasteiger partial charge in [-0.15, -0.1) is 0 Å². The van der Waals surface area contributed by atoms with E-state index in [9.17, 15) is 0 Å². The Balaban J connectivity index is 3.15. The number of anilines is 1. The number of halogens is 1. The van der Waals surface area contributed by atoms with Crippen molar-refractivity contribution in [3.63, 3.8) is 0 Å². The van der Waals surface area contributed by atoms with E-state index in [1.807, 2.05) is 19.2 Å². The van der Waals surface area contributed by atoms with Crippen molar-refractivity contribution in [1.82, 2.24) is 0 Å². The summed E-state index contributed by atoms with van der Waals surface area (Å²) >= 11 is 3.27. The predicted octanol–water partition coefficient (Wildman–Crippen LogP) is 2.36. The van der Waals surface area contributed by atoms with Crippen LogP contribution in [-0.4, -0.2) is 7.05 Å². The Bertz CT molecular complexity index is 301. The van der Waals surface area contributed by atoms with Gasteiger partial charge >= 0.3 is 0 Å². The second-order valence-corrected chi connectivity index (χ2v) is 2.91. The van der Waals surface area contributed by atoms with Crippen molar-refractivity contribution in [2.24, 2.45) is 0 Å². The van der Waals surface area contributed by atoms with E-state index in [2.05, 4.69) is 27.3 Å². The first kappa shape index (κ1) is 8.09. The molecule has 56 valence electrons. The molecule has 0 amide bonds. The lowest BCUT2D eigenvalue weighted by atomic mass is 10.2. The Morgan fingerprint density at radius 1 is 1.55 bits per heavy atom. The molecule has 11 heavy (non-hydrogen) atoms. The lowest BCUT2D eigenvalue weighted by molar-refractivity contribution is 1.44. The SMILES string of the molecule is CNc1ccc(Br)c(C#N)c1. The van der Waals surface area contributed by atoms with Crippen LogP contribution >= 0.6 is 15.9 Å².